The maximum atomic E-state index is 12.7. The molecule has 12 heteroatoms. The Morgan fingerprint density at radius 3 is 2.51 bits per heavy atom. The van der Waals surface area contributed by atoms with Crippen molar-refractivity contribution >= 4 is 5.97 Å². The molecule has 35 heavy (non-hydrogen) atoms. The van der Waals surface area contributed by atoms with E-state index >= 15 is 0 Å². The average Bonchev–Trinajstić information content (AvgIpc) is 3.00. The first-order valence-corrected chi connectivity index (χ1v) is 11.5. The van der Waals surface area contributed by atoms with Gasteiger partial charge < -0.3 is 54.3 Å². The zero-order chi connectivity index (χ0) is 25.0. The molecule has 4 saturated heterocycles. The summed E-state index contributed by atoms with van der Waals surface area (Å²) in [5.74, 6) is -2.68. The van der Waals surface area contributed by atoms with E-state index in [1.165, 1.54) is 24.3 Å². The molecule has 6 bridgehead atoms. The molecule has 4 aliphatic heterocycles. The zero-order valence-corrected chi connectivity index (χ0v) is 18.8. The Hall–Kier alpha value is -1.87. The fourth-order valence-electron chi connectivity index (χ4n) is 6.90. The number of rotatable bonds is 6. The molecular formula is C23H28O12. The minimum absolute atomic E-state index is 0.00282. The number of esters is 1. The van der Waals surface area contributed by atoms with Gasteiger partial charge in [-0.2, -0.15) is 0 Å². The monoisotopic (exact) mass is 496 g/mol. The van der Waals surface area contributed by atoms with E-state index < -0.39 is 77.9 Å². The third-order valence-electron chi connectivity index (χ3n) is 8.66. The average molecular weight is 496 g/mol. The van der Waals surface area contributed by atoms with Crippen LogP contribution in [-0.2, 0) is 23.7 Å². The number of ether oxygens (including phenoxy) is 5. The molecule has 7 aliphatic rings. The molecule has 1 aromatic carbocycles. The molecule has 8 rings (SSSR count). The molecule has 3 aliphatic carbocycles. The van der Waals surface area contributed by atoms with Crippen molar-refractivity contribution < 1.29 is 59.1 Å². The largest absolute Gasteiger partial charge is 0.508 e. The van der Waals surface area contributed by atoms with Crippen LogP contribution in [0.15, 0.2) is 24.3 Å². The number of hydrogen-bond donors (Lipinski definition) is 6. The third kappa shape index (κ3) is 2.80. The van der Waals surface area contributed by atoms with Crippen molar-refractivity contribution in [2.75, 3.05) is 13.2 Å². The molecule has 1 aromatic rings. The molecular weight excluding hydrogens is 468 g/mol. The van der Waals surface area contributed by atoms with E-state index in [9.17, 15) is 35.4 Å². The standard InChI is InChI=1S/C23H28O12/c1-20-8-22(30)13-6-23(20,33-18-16(28)15(27)14(26)12(7-24)32-18)21(13,19(34-20)35-22)9-31-17(29)10-2-4-11(25)5-3-10/h2-5,12-16,18-19,24-28,30H,6-9H2,1H3/t12-,13-,14-,15+,16-,18+,19+,20+,21-,22-,23+/m0/s1. The lowest BCUT2D eigenvalue weighted by Crippen LogP contribution is -2.80. The molecule has 0 radical (unpaired) electrons. The Bertz CT molecular complexity index is 1030. The molecule has 3 saturated carbocycles. The van der Waals surface area contributed by atoms with Gasteiger partial charge in [-0.25, -0.2) is 4.79 Å². The van der Waals surface area contributed by atoms with Gasteiger partial charge in [-0.3, -0.25) is 0 Å². The van der Waals surface area contributed by atoms with Crippen LogP contribution in [0.3, 0.4) is 0 Å². The molecule has 6 N–H and O–H groups in total. The Balaban J connectivity index is 1.31. The quantitative estimate of drug-likeness (QED) is 0.247. The third-order valence-corrected chi connectivity index (χ3v) is 8.66. The van der Waals surface area contributed by atoms with Crippen molar-refractivity contribution in [3.63, 3.8) is 0 Å². The number of benzene rings is 1. The van der Waals surface area contributed by atoms with Gasteiger partial charge in [-0.15, -0.1) is 0 Å². The van der Waals surface area contributed by atoms with Crippen molar-refractivity contribution in [2.45, 2.75) is 73.8 Å². The number of phenolic OH excluding ortho intramolecular Hbond substituents is 1. The smallest absolute Gasteiger partial charge is 0.338 e. The summed E-state index contributed by atoms with van der Waals surface area (Å²) in [4.78, 5) is 12.7. The topological polar surface area (TPSA) is 185 Å². The van der Waals surface area contributed by atoms with Crippen LogP contribution in [-0.4, -0.2) is 104 Å². The van der Waals surface area contributed by atoms with Crippen molar-refractivity contribution in [3.05, 3.63) is 29.8 Å². The molecule has 0 spiro atoms. The summed E-state index contributed by atoms with van der Waals surface area (Å²) in [5.41, 5.74) is -3.27. The highest BCUT2D eigenvalue weighted by Gasteiger charge is 2.94. The van der Waals surface area contributed by atoms with E-state index in [0.29, 0.717) is 0 Å². The summed E-state index contributed by atoms with van der Waals surface area (Å²) in [5, 5.41) is 61.2. The van der Waals surface area contributed by atoms with E-state index in [2.05, 4.69) is 0 Å². The summed E-state index contributed by atoms with van der Waals surface area (Å²) < 4.78 is 29.6. The van der Waals surface area contributed by atoms with Crippen molar-refractivity contribution in [1.29, 1.82) is 0 Å². The molecule has 11 atom stereocenters. The lowest BCUT2D eigenvalue weighted by Gasteiger charge is -2.67. The van der Waals surface area contributed by atoms with Crippen LogP contribution in [0.1, 0.15) is 30.1 Å². The molecule has 0 unspecified atom stereocenters. The highest BCUT2D eigenvalue weighted by Crippen LogP contribution is 2.81. The van der Waals surface area contributed by atoms with Gasteiger partial charge in [-0.1, -0.05) is 0 Å². The van der Waals surface area contributed by atoms with E-state index in [4.69, 9.17) is 23.7 Å². The normalized spacial score (nSPS) is 51.3. The van der Waals surface area contributed by atoms with Gasteiger partial charge >= 0.3 is 5.97 Å². The summed E-state index contributed by atoms with van der Waals surface area (Å²) in [7, 11) is 0. The van der Waals surface area contributed by atoms with Crippen LogP contribution in [0.2, 0.25) is 0 Å². The van der Waals surface area contributed by atoms with Gasteiger partial charge in [0.05, 0.1) is 17.6 Å². The second-order valence-corrected chi connectivity index (χ2v) is 10.4. The van der Waals surface area contributed by atoms with Crippen LogP contribution >= 0.6 is 0 Å². The van der Waals surface area contributed by atoms with Gasteiger partial charge in [0.15, 0.2) is 18.4 Å². The van der Waals surface area contributed by atoms with Crippen molar-refractivity contribution in [2.24, 2.45) is 11.3 Å². The summed E-state index contributed by atoms with van der Waals surface area (Å²) in [6.07, 6.45) is -8.10. The zero-order valence-electron chi connectivity index (χ0n) is 18.8. The second kappa shape index (κ2) is 7.34. The number of aliphatic hydroxyl groups is 5. The minimum Gasteiger partial charge on any atom is -0.508 e. The minimum atomic E-state index is -1.64. The van der Waals surface area contributed by atoms with Crippen LogP contribution in [0.4, 0.5) is 0 Å². The predicted molar refractivity (Wildman–Crippen MR) is 110 cm³/mol. The molecule has 192 valence electrons. The van der Waals surface area contributed by atoms with Gasteiger partial charge in [0, 0.05) is 12.3 Å². The number of aliphatic hydroxyl groups excluding tert-OH is 4. The summed E-state index contributed by atoms with van der Waals surface area (Å²) in [6, 6.07) is 5.54. The van der Waals surface area contributed by atoms with E-state index in [-0.39, 0.29) is 30.8 Å². The van der Waals surface area contributed by atoms with Gasteiger partial charge in [0.25, 0.3) is 0 Å². The Morgan fingerprint density at radius 2 is 1.83 bits per heavy atom. The molecule has 0 aromatic heterocycles. The fraction of sp³-hybridized carbons (Fsp3) is 0.696. The SMILES string of the molecule is C[C@]12C[C@]3(O)O[C@@H](O1)[C@]1(COC(=O)c4ccc(O)cc4)[C@@H]3C[C@]12O[C@H]1O[C@@H](CO)[C@H](O)[C@@H](O)[C@@H]1O. The second-order valence-electron chi connectivity index (χ2n) is 10.4. The molecule has 4 heterocycles. The lowest BCUT2D eigenvalue weighted by molar-refractivity contribution is -0.424. The highest BCUT2D eigenvalue weighted by molar-refractivity contribution is 5.89. The Kier molecular flexibility index (Phi) is 4.93. The van der Waals surface area contributed by atoms with Gasteiger partial charge in [0.1, 0.15) is 48.0 Å². The summed E-state index contributed by atoms with van der Waals surface area (Å²) >= 11 is 0. The highest BCUT2D eigenvalue weighted by atomic mass is 16.8. The molecule has 12 nitrogen and oxygen atoms in total. The van der Waals surface area contributed by atoms with Crippen LogP contribution < -0.4 is 0 Å². The van der Waals surface area contributed by atoms with E-state index in [0.717, 1.165) is 0 Å². The maximum Gasteiger partial charge on any atom is 0.338 e. The van der Waals surface area contributed by atoms with Gasteiger partial charge in [-0.05, 0) is 37.6 Å². The first kappa shape index (κ1) is 23.5. The number of hydrogen-bond acceptors (Lipinski definition) is 12. The molecule has 7 fully saturated rings. The Morgan fingerprint density at radius 1 is 1.11 bits per heavy atom. The van der Waals surface area contributed by atoms with Crippen molar-refractivity contribution in [3.8, 4) is 5.75 Å². The van der Waals surface area contributed by atoms with Crippen LogP contribution in [0, 0.1) is 11.3 Å². The maximum absolute atomic E-state index is 12.7. The Labute approximate surface area is 199 Å². The lowest BCUT2D eigenvalue weighted by atomic mass is 9.41. The van der Waals surface area contributed by atoms with E-state index in [1.54, 1.807) is 6.92 Å². The van der Waals surface area contributed by atoms with Crippen molar-refractivity contribution in [1.82, 2.24) is 0 Å². The van der Waals surface area contributed by atoms with Gasteiger partial charge in [0.2, 0.25) is 0 Å². The number of phenols is 1. The number of aromatic hydroxyl groups is 1. The van der Waals surface area contributed by atoms with Crippen LogP contribution in [0.25, 0.3) is 0 Å². The first-order chi connectivity index (χ1) is 16.5. The first-order valence-electron chi connectivity index (χ1n) is 11.5. The van der Waals surface area contributed by atoms with Crippen LogP contribution in [0.5, 0.6) is 5.75 Å². The summed E-state index contributed by atoms with van der Waals surface area (Å²) in [6.45, 7) is 0.878. The predicted octanol–water partition coefficient (Wildman–Crippen LogP) is -1.65. The number of carbonyl (C=O) groups excluding carboxylic acids is 1. The molecule has 0 amide bonds. The fourth-order valence-corrected chi connectivity index (χ4v) is 6.90. The van der Waals surface area contributed by atoms with E-state index in [1.807, 2.05) is 0 Å². The number of carbonyl (C=O) groups is 1.